The predicted molar refractivity (Wildman–Crippen MR) is 78.0 cm³/mol. The largest absolute Gasteiger partial charge is 0.294 e. The van der Waals surface area contributed by atoms with Gasteiger partial charge in [-0.25, -0.2) is 4.21 Å². The van der Waals surface area contributed by atoms with Crippen molar-refractivity contribution in [3.63, 3.8) is 0 Å². The molecule has 0 saturated heterocycles. The van der Waals surface area contributed by atoms with Gasteiger partial charge >= 0.3 is 0 Å². The zero-order valence-corrected chi connectivity index (χ0v) is 11.4. The molecule has 96 valence electrons. The van der Waals surface area contributed by atoms with Crippen molar-refractivity contribution in [1.29, 1.82) is 0 Å². The molecule has 0 aliphatic carbocycles. The fourth-order valence-electron chi connectivity index (χ4n) is 1.66. The van der Waals surface area contributed by atoms with Gasteiger partial charge in [-0.3, -0.25) is 4.79 Å². The molecule has 3 heteroatoms. The minimum absolute atomic E-state index is 0.175. The van der Waals surface area contributed by atoms with Crippen LogP contribution in [0.3, 0.4) is 0 Å². The first-order chi connectivity index (χ1) is 9.18. The van der Waals surface area contributed by atoms with Gasteiger partial charge in [0.1, 0.15) is 0 Å². The second-order valence-corrected chi connectivity index (χ2v) is 5.51. The highest BCUT2D eigenvalue weighted by Crippen LogP contribution is 2.18. The molecule has 0 heterocycles. The van der Waals surface area contributed by atoms with Crippen LogP contribution >= 0.6 is 0 Å². The van der Waals surface area contributed by atoms with Gasteiger partial charge in [-0.1, -0.05) is 48.5 Å². The molecule has 2 aromatic carbocycles. The van der Waals surface area contributed by atoms with Crippen LogP contribution in [0.15, 0.2) is 70.5 Å². The molecule has 1 unspecified atom stereocenters. The van der Waals surface area contributed by atoms with E-state index in [2.05, 4.69) is 0 Å². The van der Waals surface area contributed by atoms with E-state index >= 15 is 0 Å². The van der Waals surface area contributed by atoms with Crippen molar-refractivity contribution >= 4 is 22.7 Å². The second-order valence-electron chi connectivity index (χ2n) is 4.06. The van der Waals surface area contributed by atoms with Crippen LogP contribution < -0.4 is 0 Å². The molecule has 0 bridgehead atoms. The monoisotopic (exact) mass is 270 g/mol. The fraction of sp³-hybridized carbons (Fsp3) is 0.0625. The summed E-state index contributed by atoms with van der Waals surface area (Å²) in [6.07, 6.45) is 1.69. The van der Waals surface area contributed by atoms with E-state index in [4.69, 9.17) is 0 Å². The first kappa shape index (κ1) is 13.4. The second kappa shape index (κ2) is 6.25. The summed E-state index contributed by atoms with van der Waals surface area (Å²) >= 11 is 0. The van der Waals surface area contributed by atoms with Gasteiger partial charge in [-0.15, -0.1) is 0 Å². The van der Waals surface area contributed by atoms with Crippen molar-refractivity contribution in [1.82, 2.24) is 0 Å². The molecule has 0 aliphatic heterocycles. The third-order valence-corrected chi connectivity index (χ3v) is 4.11. The van der Waals surface area contributed by atoms with Crippen molar-refractivity contribution < 1.29 is 9.00 Å². The van der Waals surface area contributed by atoms with Crippen LogP contribution in [-0.2, 0) is 15.6 Å². The number of hydrogen-bond donors (Lipinski definition) is 0. The summed E-state index contributed by atoms with van der Waals surface area (Å²) in [6.45, 7) is 1.44. The summed E-state index contributed by atoms with van der Waals surface area (Å²) in [7, 11) is -1.44. The summed E-state index contributed by atoms with van der Waals surface area (Å²) in [6, 6.07) is 18.4. The van der Waals surface area contributed by atoms with E-state index < -0.39 is 10.8 Å². The average molecular weight is 270 g/mol. The summed E-state index contributed by atoms with van der Waals surface area (Å²) in [4.78, 5) is 12.7. The van der Waals surface area contributed by atoms with Crippen LogP contribution in [0.1, 0.15) is 12.5 Å². The number of benzene rings is 2. The molecule has 0 radical (unpaired) electrons. The zero-order chi connectivity index (χ0) is 13.7. The Morgan fingerprint density at radius 2 is 1.47 bits per heavy atom. The lowest BCUT2D eigenvalue weighted by molar-refractivity contribution is -0.112. The smallest absolute Gasteiger partial charge is 0.169 e. The molecule has 0 N–H and O–H groups in total. The maximum atomic E-state index is 12.4. The van der Waals surface area contributed by atoms with Crippen molar-refractivity contribution in [2.75, 3.05) is 0 Å². The molecule has 0 aromatic heterocycles. The molecule has 2 nitrogen and oxygen atoms in total. The number of ketones is 1. The molecule has 2 aromatic rings. The lowest BCUT2D eigenvalue weighted by Gasteiger charge is -2.04. The molecule has 0 spiro atoms. The fourth-order valence-corrected chi connectivity index (χ4v) is 2.82. The van der Waals surface area contributed by atoms with E-state index in [1.54, 1.807) is 18.2 Å². The standard InChI is InChI=1S/C16H14O2S/c1-13(17)16(12-14-8-4-2-5-9-14)19(18)15-10-6-3-7-11-15/h2-12H,1H3/b16-12+. The zero-order valence-electron chi connectivity index (χ0n) is 10.6. The summed E-state index contributed by atoms with van der Waals surface area (Å²) in [5.74, 6) is -0.175. The summed E-state index contributed by atoms with van der Waals surface area (Å²) < 4.78 is 12.4. The van der Waals surface area contributed by atoms with Crippen LogP contribution in [0.5, 0.6) is 0 Å². The Kier molecular flexibility index (Phi) is 4.42. The number of rotatable bonds is 4. The van der Waals surface area contributed by atoms with Gasteiger partial charge in [0.2, 0.25) is 0 Å². The quantitative estimate of drug-likeness (QED) is 0.798. The summed E-state index contributed by atoms with van der Waals surface area (Å²) in [5.41, 5.74) is 0.872. The van der Waals surface area contributed by atoms with Gasteiger partial charge < -0.3 is 0 Å². The van der Waals surface area contributed by atoms with Gasteiger partial charge in [0.05, 0.1) is 15.7 Å². The average Bonchev–Trinajstić information content (AvgIpc) is 2.46. The topological polar surface area (TPSA) is 34.1 Å². The van der Waals surface area contributed by atoms with Crippen molar-refractivity contribution in [3.8, 4) is 0 Å². The van der Waals surface area contributed by atoms with Crippen LogP contribution in [0, 0.1) is 0 Å². The predicted octanol–water partition coefficient (Wildman–Crippen LogP) is 3.42. The van der Waals surface area contributed by atoms with Crippen molar-refractivity contribution in [2.24, 2.45) is 0 Å². The number of carbonyl (C=O) groups excluding carboxylic acids is 1. The lowest BCUT2D eigenvalue weighted by Crippen LogP contribution is -2.04. The minimum atomic E-state index is -1.44. The SMILES string of the molecule is CC(=O)/C(=C\c1ccccc1)S(=O)c1ccccc1. The van der Waals surface area contributed by atoms with Crippen molar-refractivity contribution in [3.05, 3.63) is 71.1 Å². The maximum Gasteiger partial charge on any atom is 0.169 e. The Morgan fingerprint density at radius 3 is 2.00 bits per heavy atom. The molecule has 0 saturated carbocycles. The Labute approximate surface area is 115 Å². The Hall–Kier alpha value is -2.00. The van der Waals surface area contributed by atoms with Gasteiger partial charge in [-0.05, 0) is 30.7 Å². The van der Waals surface area contributed by atoms with Crippen LogP contribution in [0.4, 0.5) is 0 Å². The Balaban J connectivity index is 2.40. The third kappa shape index (κ3) is 3.48. The molecule has 19 heavy (non-hydrogen) atoms. The van der Waals surface area contributed by atoms with E-state index in [9.17, 15) is 9.00 Å². The van der Waals surface area contributed by atoms with Crippen LogP contribution in [0.2, 0.25) is 0 Å². The molecule has 0 amide bonds. The minimum Gasteiger partial charge on any atom is -0.294 e. The number of Topliss-reactive ketones (excluding diaryl/α,β-unsaturated/α-hetero) is 1. The molecule has 0 aliphatic rings. The van der Waals surface area contributed by atoms with Crippen LogP contribution in [0.25, 0.3) is 6.08 Å². The Morgan fingerprint density at radius 1 is 0.947 bits per heavy atom. The van der Waals surface area contributed by atoms with E-state index in [0.29, 0.717) is 9.80 Å². The molecular weight excluding hydrogens is 256 g/mol. The van der Waals surface area contributed by atoms with E-state index in [-0.39, 0.29) is 5.78 Å². The molecular formula is C16H14O2S. The van der Waals surface area contributed by atoms with Gasteiger partial charge in [0.25, 0.3) is 0 Å². The number of carbonyl (C=O) groups is 1. The van der Waals surface area contributed by atoms with E-state index in [1.165, 1.54) is 6.92 Å². The van der Waals surface area contributed by atoms with Gasteiger partial charge in [-0.2, -0.15) is 0 Å². The maximum absolute atomic E-state index is 12.4. The number of allylic oxidation sites excluding steroid dienone is 1. The molecule has 1 atom stereocenters. The highest BCUT2D eigenvalue weighted by atomic mass is 32.2. The van der Waals surface area contributed by atoms with Crippen molar-refractivity contribution in [2.45, 2.75) is 11.8 Å². The van der Waals surface area contributed by atoms with Gasteiger partial charge in [0, 0.05) is 4.90 Å². The number of hydrogen-bond acceptors (Lipinski definition) is 2. The van der Waals surface area contributed by atoms with Crippen LogP contribution in [-0.4, -0.2) is 9.99 Å². The molecule has 0 fully saturated rings. The normalized spacial score (nSPS) is 13.0. The lowest BCUT2D eigenvalue weighted by atomic mass is 10.2. The van der Waals surface area contributed by atoms with Gasteiger partial charge in [0.15, 0.2) is 5.78 Å². The first-order valence-electron chi connectivity index (χ1n) is 5.93. The highest BCUT2D eigenvalue weighted by Gasteiger charge is 2.14. The highest BCUT2D eigenvalue weighted by molar-refractivity contribution is 7.90. The third-order valence-electron chi connectivity index (χ3n) is 2.60. The van der Waals surface area contributed by atoms with E-state index in [1.807, 2.05) is 48.5 Å². The van der Waals surface area contributed by atoms with E-state index in [0.717, 1.165) is 5.56 Å². The summed E-state index contributed by atoms with van der Waals surface area (Å²) in [5, 5.41) is 0. The first-order valence-corrected chi connectivity index (χ1v) is 7.08. The Bertz CT molecular complexity index is 616. The molecule has 2 rings (SSSR count).